The summed E-state index contributed by atoms with van der Waals surface area (Å²) in [5.41, 5.74) is 0.706. The Morgan fingerprint density at radius 1 is 1.16 bits per heavy atom. The monoisotopic (exact) mass is 257 g/mol. The Morgan fingerprint density at radius 2 is 2.00 bits per heavy atom. The number of carboxylic acid groups (broad SMARTS) is 1. The number of pyridine rings is 2. The average molecular weight is 257 g/mol. The topological polar surface area (TPSA) is 92.2 Å². The van der Waals surface area contributed by atoms with Gasteiger partial charge < -0.3 is 10.4 Å². The molecule has 0 aliphatic carbocycles. The summed E-state index contributed by atoms with van der Waals surface area (Å²) < 4.78 is 0. The molecular weight excluding hydrogens is 246 g/mol. The lowest BCUT2D eigenvalue weighted by Gasteiger charge is -2.04. The number of aromatic nitrogens is 2. The number of carbonyl (C=O) groups excluding carboxylic acids is 1. The summed E-state index contributed by atoms with van der Waals surface area (Å²) in [6.07, 6.45) is 3.05. The largest absolute Gasteiger partial charge is 0.478 e. The van der Waals surface area contributed by atoms with Gasteiger partial charge in [-0.2, -0.15) is 0 Å². The Labute approximate surface area is 109 Å². The van der Waals surface area contributed by atoms with Crippen LogP contribution in [-0.2, 0) is 11.2 Å². The van der Waals surface area contributed by atoms with Gasteiger partial charge in [0.15, 0.2) is 0 Å². The molecule has 2 aromatic rings. The summed E-state index contributed by atoms with van der Waals surface area (Å²) in [6, 6.07) is 7.95. The molecule has 0 spiro atoms. The normalized spacial score (nSPS) is 9.89. The summed E-state index contributed by atoms with van der Waals surface area (Å²) in [6.45, 7) is 0. The number of hydrogen-bond donors (Lipinski definition) is 2. The first-order valence-electron chi connectivity index (χ1n) is 5.54. The highest BCUT2D eigenvalue weighted by Crippen LogP contribution is 2.07. The molecule has 2 rings (SSSR count). The lowest BCUT2D eigenvalue weighted by atomic mass is 10.2. The van der Waals surface area contributed by atoms with Gasteiger partial charge in [-0.25, -0.2) is 9.78 Å². The van der Waals surface area contributed by atoms with Crippen LogP contribution in [-0.4, -0.2) is 27.0 Å². The molecule has 2 heterocycles. The van der Waals surface area contributed by atoms with Crippen LogP contribution in [0, 0.1) is 0 Å². The SMILES string of the molecule is O=C(Cc1ccccn1)Nc1cc(C(=O)O)ccn1. The fourth-order valence-electron chi connectivity index (χ4n) is 1.49. The second-order valence-electron chi connectivity index (χ2n) is 3.78. The molecule has 6 nitrogen and oxygen atoms in total. The molecule has 0 saturated carbocycles. The van der Waals surface area contributed by atoms with E-state index in [1.807, 2.05) is 0 Å². The van der Waals surface area contributed by atoms with Crippen molar-refractivity contribution in [2.75, 3.05) is 5.32 Å². The molecule has 0 atom stereocenters. The van der Waals surface area contributed by atoms with E-state index in [4.69, 9.17) is 5.11 Å². The highest BCUT2D eigenvalue weighted by Gasteiger charge is 2.08. The average Bonchev–Trinajstić information content (AvgIpc) is 2.40. The first-order chi connectivity index (χ1) is 9.15. The molecule has 1 amide bonds. The Kier molecular flexibility index (Phi) is 3.82. The lowest BCUT2D eigenvalue weighted by molar-refractivity contribution is -0.115. The third kappa shape index (κ3) is 3.60. The number of amides is 1. The van der Waals surface area contributed by atoms with Gasteiger partial charge in [-0.1, -0.05) is 6.07 Å². The fourth-order valence-corrected chi connectivity index (χ4v) is 1.49. The van der Waals surface area contributed by atoms with Gasteiger partial charge in [0.2, 0.25) is 5.91 Å². The van der Waals surface area contributed by atoms with Crippen LogP contribution in [0.2, 0.25) is 0 Å². The Bertz CT molecular complexity index is 599. The minimum Gasteiger partial charge on any atom is -0.478 e. The standard InChI is InChI=1S/C13H11N3O3/c17-12(8-10-3-1-2-5-14-10)16-11-7-9(13(18)19)4-6-15-11/h1-7H,8H2,(H,18,19)(H,15,16,17). The number of aromatic carboxylic acids is 1. The lowest BCUT2D eigenvalue weighted by Crippen LogP contribution is -2.16. The predicted octanol–water partition coefficient (Wildman–Crippen LogP) is 1.36. The van der Waals surface area contributed by atoms with E-state index in [2.05, 4.69) is 15.3 Å². The smallest absolute Gasteiger partial charge is 0.335 e. The van der Waals surface area contributed by atoms with Gasteiger partial charge in [0.25, 0.3) is 0 Å². The van der Waals surface area contributed by atoms with Crippen molar-refractivity contribution in [1.29, 1.82) is 0 Å². The van der Waals surface area contributed by atoms with E-state index in [-0.39, 0.29) is 23.7 Å². The zero-order chi connectivity index (χ0) is 13.7. The van der Waals surface area contributed by atoms with E-state index in [0.29, 0.717) is 5.69 Å². The van der Waals surface area contributed by atoms with E-state index in [0.717, 1.165) is 0 Å². The fraction of sp³-hybridized carbons (Fsp3) is 0.0769. The molecule has 0 fully saturated rings. The number of hydrogen-bond acceptors (Lipinski definition) is 4. The van der Waals surface area contributed by atoms with Gasteiger partial charge in [0.1, 0.15) is 5.82 Å². The second-order valence-corrected chi connectivity index (χ2v) is 3.78. The first-order valence-corrected chi connectivity index (χ1v) is 5.54. The van der Waals surface area contributed by atoms with Crippen molar-refractivity contribution in [3.05, 3.63) is 54.0 Å². The molecule has 2 aromatic heterocycles. The van der Waals surface area contributed by atoms with Crippen LogP contribution in [0.15, 0.2) is 42.7 Å². The van der Waals surface area contributed by atoms with Crippen LogP contribution in [0.5, 0.6) is 0 Å². The molecule has 19 heavy (non-hydrogen) atoms. The molecule has 0 unspecified atom stereocenters. The molecule has 0 saturated heterocycles. The molecule has 0 aromatic carbocycles. The maximum Gasteiger partial charge on any atom is 0.335 e. The quantitative estimate of drug-likeness (QED) is 0.862. The Morgan fingerprint density at radius 3 is 2.68 bits per heavy atom. The summed E-state index contributed by atoms with van der Waals surface area (Å²) in [5, 5.41) is 11.4. The highest BCUT2D eigenvalue weighted by molar-refractivity contribution is 5.93. The van der Waals surface area contributed by atoms with Crippen LogP contribution in [0.1, 0.15) is 16.1 Å². The molecule has 6 heteroatoms. The van der Waals surface area contributed by atoms with E-state index in [1.165, 1.54) is 18.3 Å². The number of anilines is 1. The highest BCUT2D eigenvalue weighted by atomic mass is 16.4. The van der Waals surface area contributed by atoms with Gasteiger partial charge in [-0.3, -0.25) is 9.78 Å². The van der Waals surface area contributed by atoms with Crippen LogP contribution >= 0.6 is 0 Å². The Balaban J connectivity index is 2.03. The maximum atomic E-state index is 11.7. The van der Waals surface area contributed by atoms with Crippen molar-refractivity contribution in [2.45, 2.75) is 6.42 Å². The van der Waals surface area contributed by atoms with Crippen molar-refractivity contribution in [1.82, 2.24) is 9.97 Å². The van der Waals surface area contributed by atoms with Gasteiger partial charge >= 0.3 is 5.97 Å². The molecule has 0 aliphatic heterocycles. The minimum absolute atomic E-state index is 0.0723. The number of nitrogens with zero attached hydrogens (tertiary/aromatic N) is 2. The van der Waals surface area contributed by atoms with Crippen molar-refractivity contribution in [3.63, 3.8) is 0 Å². The van der Waals surface area contributed by atoms with Crippen molar-refractivity contribution in [3.8, 4) is 0 Å². The first kappa shape index (κ1) is 12.7. The minimum atomic E-state index is -1.07. The second kappa shape index (κ2) is 5.72. The summed E-state index contributed by atoms with van der Waals surface area (Å²) in [7, 11) is 0. The van der Waals surface area contributed by atoms with Crippen LogP contribution in [0.4, 0.5) is 5.82 Å². The van der Waals surface area contributed by atoms with E-state index < -0.39 is 5.97 Å². The number of rotatable bonds is 4. The van der Waals surface area contributed by atoms with Crippen LogP contribution in [0.25, 0.3) is 0 Å². The van der Waals surface area contributed by atoms with Crippen molar-refractivity contribution >= 4 is 17.7 Å². The molecule has 0 radical (unpaired) electrons. The number of nitrogens with one attached hydrogen (secondary N) is 1. The van der Waals surface area contributed by atoms with Crippen molar-refractivity contribution < 1.29 is 14.7 Å². The van der Waals surface area contributed by atoms with Gasteiger partial charge in [0, 0.05) is 18.1 Å². The molecule has 0 bridgehead atoms. The third-order valence-corrected chi connectivity index (χ3v) is 2.34. The molecule has 2 N–H and O–H groups in total. The predicted molar refractivity (Wildman–Crippen MR) is 67.8 cm³/mol. The number of carbonyl (C=O) groups is 2. The summed E-state index contributed by atoms with van der Waals surface area (Å²) in [4.78, 5) is 30.4. The molecule has 96 valence electrons. The van der Waals surface area contributed by atoms with Crippen LogP contribution < -0.4 is 5.32 Å². The summed E-state index contributed by atoms with van der Waals surface area (Å²) in [5.74, 6) is -1.16. The molecular formula is C13H11N3O3. The maximum absolute atomic E-state index is 11.7. The van der Waals surface area contributed by atoms with Crippen molar-refractivity contribution in [2.24, 2.45) is 0 Å². The van der Waals surface area contributed by atoms with Gasteiger partial charge in [-0.15, -0.1) is 0 Å². The van der Waals surface area contributed by atoms with Crippen LogP contribution in [0.3, 0.4) is 0 Å². The summed E-state index contributed by atoms with van der Waals surface area (Å²) >= 11 is 0. The Hall–Kier alpha value is -2.76. The van der Waals surface area contributed by atoms with E-state index >= 15 is 0 Å². The number of carboxylic acids is 1. The zero-order valence-corrected chi connectivity index (χ0v) is 9.91. The van der Waals surface area contributed by atoms with E-state index in [9.17, 15) is 9.59 Å². The van der Waals surface area contributed by atoms with Gasteiger partial charge in [-0.05, 0) is 24.3 Å². The zero-order valence-electron chi connectivity index (χ0n) is 9.91. The third-order valence-electron chi connectivity index (χ3n) is 2.34. The molecule has 0 aliphatic rings. The van der Waals surface area contributed by atoms with Gasteiger partial charge in [0.05, 0.1) is 12.0 Å². The van der Waals surface area contributed by atoms with E-state index in [1.54, 1.807) is 24.4 Å².